The van der Waals surface area contributed by atoms with Gasteiger partial charge in [0.1, 0.15) is 5.75 Å². The number of aryl methyl sites for hydroxylation is 1. The van der Waals surface area contributed by atoms with E-state index < -0.39 is 23.9 Å². The number of nitrogens with zero attached hydrogens (tertiary/aromatic N) is 3. The van der Waals surface area contributed by atoms with Gasteiger partial charge in [-0.3, -0.25) is 9.80 Å². The van der Waals surface area contributed by atoms with E-state index in [1.54, 1.807) is 7.11 Å². The van der Waals surface area contributed by atoms with Gasteiger partial charge in [0.2, 0.25) is 0 Å². The monoisotopic (exact) mass is 595 g/mol. The number of piperazine rings is 1. The molecule has 3 rings (SSSR count). The molecule has 0 radical (unpaired) electrons. The fraction of sp³-hybridized carbons (Fsp3) is 0.323. The molecular formula is C31H37N3O9. The highest BCUT2D eigenvalue weighted by atomic mass is 16.5. The molecule has 0 saturated carbocycles. The second kappa shape index (κ2) is 20.8. The summed E-state index contributed by atoms with van der Waals surface area (Å²) in [6.07, 6.45) is 5.03. The highest BCUT2D eigenvalue weighted by molar-refractivity contribution is 5.90. The Morgan fingerprint density at radius 3 is 1.72 bits per heavy atom. The number of methoxy groups -OCH3 is 1. The van der Waals surface area contributed by atoms with Crippen molar-refractivity contribution < 1.29 is 44.3 Å². The molecule has 2 aromatic carbocycles. The molecule has 0 spiro atoms. The minimum atomic E-state index is -1.26. The summed E-state index contributed by atoms with van der Waals surface area (Å²) >= 11 is 0. The quantitative estimate of drug-likeness (QED) is 0.262. The summed E-state index contributed by atoms with van der Waals surface area (Å²) in [5.74, 6) is -4.12. The molecule has 1 fully saturated rings. The molecule has 230 valence electrons. The summed E-state index contributed by atoms with van der Waals surface area (Å²) in [5, 5.41) is 40.1. The Bertz CT molecular complexity index is 1180. The van der Waals surface area contributed by atoms with Crippen LogP contribution in [0.5, 0.6) is 5.75 Å². The Morgan fingerprint density at radius 2 is 1.30 bits per heavy atom. The molecule has 1 aliphatic heterocycles. The van der Waals surface area contributed by atoms with Crippen molar-refractivity contribution in [3.05, 3.63) is 90.0 Å². The first kappa shape index (κ1) is 36.0. The number of carboxylic acids is 4. The van der Waals surface area contributed by atoms with Crippen LogP contribution < -0.4 is 4.74 Å². The Kier molecular flexibility index (Phi) is 17.4. The molecule has 4 N–H and O–H groups in total. The van der Waals surface area contributed by atoms with Gasteiger partial charge in [0.05, 0.1) is 13.2 Å². The lowest BCUT2D eigenvalue weighted by Gasteiger charge is -2.39. The first-order valence-electron chi connectivity index (χ1n) is 13.3. The van der Waals surface area contributed by atoms with Crippen LogP contribution in [0.4, 0.5) is 0 Å². The number of ether oxygens (including phenoxy) is 1. The molecule has 1 unspecified atom stereocenters. The highest BCUT2D eigenvalue weighted by Crippen LogP contribution is 2.28. The van der Waals surface area contributed by atoms with Crippen molar-refractivity contribution in [3.8, 4) is 11.8 Å². The maximum Gasteiger partial charge on any atom is 0.328 e. The summed E-state index contributed by atoms with van der Waals surface area (Å²) in [5.41, 5.74) is 2.75. The number of hydrogen-bond acceptors (Lipinski definition) is 8. The molecule has 43 heavy (non-hydrogen) atoms. The van der Waals surface area contributed by atoms with E-state index >= 15 is 0 Å². The average Bonchev–Trinajstić information content (AvgIpc) is 3.00. The second-order valence-electron chi connectivity index (χ2n) is 9.12. The maximum atomic E-state index is 9.55. The van der Waals surface area contributed by atoms with Crippen LogP contribution in [0.25, 0.3) is 0 Å². The molecule has 1 heterocycles. The average molecular weight is 596 g/mol. The smallest absolute Gasteiger partial charge is 0.328 e. The first-order chi connectivity index (χ1) is 20.5. The first-order valence-corrected chi connectivity index (χ1v) is 13.3. The van der Waals surface area contributed by atoms with Crippen molar-refractivity contribution in [1.29, 1.82) is 5.26 Å². The number of carbonyl (C=O) groups is 4. The molecule has 12 nitrogen and oxygen atoms in total. The minimum Gasteiger partial charge on any atom is -0.497 e. The molecule has 12 heteroatoms. The number of nitriles is 1. The van der Waals surface area contributed by atoms with E-state index in [2.05, 4.69) is 70.5 Å². The van der Waals surface area contributed by atoms with Crippen LogP contribution in [0, 0.1) is 11.3 Å². The van der Waals surface area contributed by atoms with E-state index in [9.17, 15) is 19.2 Å². The molecule has 0 aliphatic carbocycles. The van der Waals surface area contributed by atoms with E-state index in [0.717, 1.165) is 51.3 Å². The lowest BCUT2D eigenvalue weighted by atomic mass is 9.96. The Balaban J connectivity index is 0.000000476. The van der Waals surface area contributed by atoms with Gasteiger partial charge in [-0.05, 0) is 36.1 Å². The normalized spacial score (nSPS) is 14.0. The van der Waals surface area contributed by atoms with Crippen molar-refractivity contribution in [2.24, 2.45) is 0 Å². The summed E-state index contributed by atoms with van der Waals surface area (Å²) < 4.78 is 5.33. The third kappa shape index (κ3) is 16.8. The predicted molar refractivity (Wildman–Crippen MR) is 158 cm³/mol. The van der Waals surface area contributed by atoms with Crippen LogP contribution in [0.15, 0.2) is 78.9 Å². The number of benzene rings is 2. The molecule has 0 amide bonds. The van der Waals surface area contributed by atoms with Gasteiger partial charge in [-0.1, -0.05) is 42.5 Å². The summed E-state index contributed by atoms with van der Waals surface area (Å²) in [6, 6.07) is 21.9. The molecule has 2 aromatic rings. The second-order valence-corrected chi connectivity index (χ2v) is 9.12. The van der Waals surface area contributed by atoms with E-state index in [1.165, 1.54) is 11.1 Å². The van der Waals surface area contributed by atoms with Gasteiger partial charge in [-0.25, -0.2) is 19.2 Å². The van der Waals surface area contributed by atoms with Crippen LogP contribution in [0.3, 0.4) is 0 Å². The number of aliphatic carboxylic acids is 4. The van der Waals surface area contributed by atoms with Crippen LogP contribution >= 0.6 is 0 Å². The topological polar surface area (TPSA) is 189 Å². The van der Waals surface area contributed by atoms with Gasteiger partial charge in [0.15, 0.2) is 0 Å². The van der Waals surface area contributed by atoms with Crippen LogP contribution in [0.2, 0.25) is 0 Å². The van der Waals surface area contributed by atoms with E-state index in [-0.39, 0.29) is 0 Å². The van der Waals surface area contributed by atoms with Crippen LogP contribution in [0.1, 0.15) is 30.0 Å². The molecule has 1 aliphatic rings. The number of hydrogen-bond donors (Lipinski definition) is 4. The van der Waals surface area contributed by atoms with Crippen molar-refractivity contribution in [2.45, 2.75) is 25.3 Å². The van der Waals surface area contributed by atoms with E-state index in [1.807, 2.05) is 0 Å². The predicted octanol–water partition coefficient (Wildman–Crippen LogP) is 3.32. The van der Waals surface area contributed by atoms with Gasteiger partial charge in [-0.2, -0.15) is 5.26 Å². The SMILES string of the molecule is COc1ccc(C(CCc2ccccc2)N2CCN(CCC#N)CC2)cc1.O=C(O)/C=C\C(=O)O.O=C(O)/C=C\C(=O)O. The number of rotatable bonds is 12. The van der Waals surface area contributed by atoms with Crippen LogP contribution in [-0.2, 0) is 25.6 Å². The van der Waals surface area contributed by atoms with E-state index in [0.29, 0.717) is 36.8 Å². The van der Waals surface area contributed by atoms with Crippen LogP contribution in [-0.4, -0.2) is 93.9 Å². The van der Waals surface area contributed by atoms with E-state index in [4.69, 9.17) is 30.4 Å². The molecule has 0 aromatic heterocycles. The van der Waals surface area contributed by atoms with Crippen molar-refractivity contribution in [1.82, 2.24) is 9.80 Å². The molecule has 1 atom stereocenters. The summed E-state index contributed by atoms with van der Waals surface area (Å²) in [7, 11) is 1.71. The lowest BCUT2D eigenvalue weighted by molar-refractivity contribution is -0.134. The largest absolute Gasteiger partial charge is 0.497 e. The van der Waals surface area contributed by atoms with Gasteiger partial charge in [0, 0.05) is 69.5 Å². The third-order valence-corrected chi connectivity index (χ3v) is 6.17. The molecule has 0 bridgehead atoms. The highest BCUT2D eigenvalue weighted by Gasteiger charge is 2.25. The lowest BCUT2D eigenvalue weighted by Crippen LogP contribution is -2.47. The number of carboxylic acid groups (broad SMARTS) is 4. The zero-order valence-corrected chi connectivity index (χ0v) is 23.9. The Hall–Kier alpha value is -4.99. The maximum absolute atomic E-state index is 9.55. The zero-order chi connectivity index (χ0) is 32.0. The Morgan fingerprint density at radius 1 is 0.814 bits per heavy atom. The van der Waals surface area contributed by atoms with Gasteiger partial charge in [0.25, 0.3) is 0 Å². The standard InChI is InChI=1S/C23H29N3O.2C4H4O4/c1-27-22-11-9-21(10-12-22)23(13-8-20-6-3-2-4-7-20)26-18-16-25(17-19-26)15-5-14-24;2*5-3(6)1-2-4(7)8/h2-4,6-7,9-12,23H,5,8,13,15-19H2,1H3;2*1-2H,(H,5,6)(H,7,8)/b;2*2-1-. The Labute approximate surface area is 250 Å². The fourth-order valence-electron chi connectivity index (χ4n) is 4.13. The minimum absolute atomic E-state index is 0.411. The van der Waals surface area contributed by atoms with Crippen molar-refractivity contribution in [2.75, 3.05) is 39.8 Å². The molecule has 1 saturated heterocycles. The third-order valence-electron chi connectivity index (χ3n) is 6.17. The van der Waals surface area contributed by atoms with Gasteiger partial charge >= 0.3 is 23.9 Å². The van der Waals surface area contributed by atoms with Crippen molar-refractivity contribution >= 4 is 23.9 Å². The fourth-order valence-corrected chi connectivity index (χ4v) is 4.13. The molecular weight excluding hydrogens is 558 g/mol. The zero-order valence-electron chi connectivity index (χ0n) is 23.9. The summed E-state index contributed by atoms with van der Waals surface area (Å²) in [4.78, 5) is 43.2. The van der Waals surface area contributed by atoms with Gasteiger partial charge in [-0.15, -0.1) is 0 Å². The summed E-state index contributed by atoms with van der Waals surface area (Å²) in [6.45, 7) is 5.08. The van der Waals surface area contributed by atoms with Gasteiger partial charge < -0.3 is 25.2 Å². The van der Waals surface area contributed by atoms with Crippen molar-refractivity contribution in [3.63, 3.8) is 0 Å².